The topological polar surface area (TPSA) is 79.5 Å². The summed E-state index contributed by atoms with van der Waals surface area (Å²) in [6.45, 7) is 2.85. The third kappa shape index (κ3) is 7.30. The zero-order valence-electron chi connectivity index (χ0n) is 12.6. The van der Waals surface area contributed by atoms with Crippen molar-refractivity contribution in [3.63, 3.8) is 0 Å². The molecule has 8 heteroatoms. The van der Waals surface area contributed by atoms with Crippen molar-refractivity contribution in [2.45, 2.75) is 12.5 Å². The summed E-state index contributed by atoms with van der Waals surface area (Å²) in [5, 5.41) is 8.78. The van der Waals surface area contributed by atoms with Crippen LogP contribution in [-0.4, -0.2) is 50.7 Å². The molecular weight excluding hydrogens is 386 g/mol. The van der Waals surface area contributed by atoms with Gasteiger partial charge in [-0.1, -0.05) is 15.9 Å². The van der Waals surface area contributed by atoms with E-state index < -0.39 is 0 Å². The van der Waals surface area contributed by atoms with Crippen molar-refractivity contribution in [2.24, 2.45) is 0 Å². The molecule has 1 aliphatic heterocycles. The predicted octanol–water partition coefficient (Wildman–Crippen LogP) is 1.10. The number of morpholine rings is 1. The van der Waals surface area contributed by atoms with E-state index in [4.69, 9.17) is 4.74 Å². The number of nitrogens with one attached hydrogen (secondary N) is 3. The lowest BCUT2D eigenvalue weighted by molar-refractivity contribution is -0.122. The third-order valence-electron chi connectivity index (χ3n) is 3.27. The second kappa shape index (κ2) is 10.6. The Hall–Kier alpha value is -1.15. The maximum absolute atomic E-state index is 11.9. The monoisotopic (exact) mass is 405 g/mol. The molecule has 1 aromatic rings. The lowest BCUT2D eigenvalue weighted by Crippen LogP contribution is -2.45. The Balaban J connectivity index is 0.00000264. The van der Waals surface area contributed by atoms with Crippen molar-refractivity contribution >= 4 is 40.2 Å². The minimum Gasteiger partial charge on any atom is -0.378 e. The van der Waals surface area contributed by atoms with Crippen LogP contribution in [0, 0.1) is 0 Å². The highest BCUT2D eigenvalue weighted by Crippen LogP contribution is 2.10. The van der Waals surface area contributed by atoms with E-state index in [0.717, 1.165) is 11.0 Å². The zero-order chi connectivity index (χ0) is 15.8. The van der Waals surface area contributed by atoms with Crippen LogP contribution in [0.5, 0.6) is 0 Å². The average molecular weight is 407 g/mol. The molecule has 1 aromatic carbocycles. The zero-order valence-corrected chi connectivity index (χ0v) is 15.0. The van der Waals surface area contributed by atoms with Gasteiger partial charge in [0.2, 0.25) is 5.91 Å². The molecule has 0 aromatic heterocycles. The molecule has 1 heterocycles. The molecule has 3 N–H and O–H groups in total. The van der Waals surface area contributed by atoms with Crippen LogP contribution in [0.25, 0.3) is 0 Å². The van der Waals surface area contributed by atoms with Crippen molar-refractivity contribution in [1.82, 2.24) is 16.0 Å². The summed E-state index contributed by atoms with van der Waals surface area (Å²) in [6, 6.07) is 7.19. The Morgan fingerprint density at radius 1 is 1.22 bits per heavy atom. The Morgan fingerprint density at radius 2 is 1.91 bits per heavy atom. The fraction of sp³-hybridized carbons (Fsp3) is 0.467. The van der Waals surface area contributed by atoms with Gasteiger partial charge < -0.3 is 20.7 Å². The Labute approximate surface area is 150 Å². The SMILES string of the molecule is Cl.O=C(CC1COCCN1)NCCNC(=O)c1ccc(Br)cc1. The van der Waals surface area contributed by atoms with Crippen molar-refractivity contribution in [1.29, 1.82) is 0 Å². The van der Waals surface area contributed by atoms with E-state index in [0.29, 0.717) is 38.3 Å². The highest BCUT2D eigenvalue weighted by Gasteiger charge is 2.16. The molecule has 1 aliphatic rings. The van der Waals surface area contributed by atoms with Gasteiger partial charge in [-0.05, 0) is 24.3 Å². The van der Waals surface area contributed by atoms with Gasteiger partial charge in [0.25, 0.3) is 5.91 Å². The van der Waals surface area contributed by atoms with Crippen molar-refractivity contribution in [3.05, 3.63) is 34.3 Å². The molecule has 2 rings (SSSR count). The van der Waals surface area contributed by atoms with Crippen LogP contribution >= 0.6 is 28.3 Å². The number of hydrogen-bond donors (Lipinski definition) is 3. The first-order valence-electron chi connectivity index (χ1n) is 7.27. The van der Waals surface area contributed by atoms with Crippen LogP contribution < -0.4 is 16.0 Å². The molecule has 0 saturated carbocycles. The molecule has 1 saturated heterocycles. The van der Waals surface area contributed by atoms with E-state index in [9.17, 15) is 9.59 Å². The van der Waals surface area contributed by atoms with Crippen LogP contribution in [-0.2, 0) is 9.53 Å². The van der Waals surface area contributed by atoms with Crippen molar-refractivity contribution < 1.29 is 14.3 Å². The number of benzene rings is 1. The van der Waals surface area contributed by atoms with E-state index >= 15 is 0 Å². The normalized spacial score (nSPS) is 17.0. The number of rotatable bonds is 6. The summed E-state index contributed by atoms with van der Waals surface area (Å²) in [5.74, 6) is -0.190. The molecule has 1 atom stereocenters. The highest BCUT2D eigenvalue weighted by atomic mass is 79.9. The largest absolute Gasteiger partial charge is 0.378 e. The second-order valence-corrected chi connectivity index (χ2v) is 5.96. The second-order valence-electron chi connectivity index (χ2n) is 5.04. The van der Waals surface area contributed by atoms with Gasteiger partial charge in [-0.3, -0.25) is 9.59 Å². The Kier molecular flexibility index (Phi) is 9.16. The lowest BCUT2D eigenvalue weighted by atomic mass is 10.2. The van der Waals surface area contributed by atoms with E-state index in [2.05, 4.69) is 31.9 Å². The first kappa shape index (κ1) is 19.9. The summed E-state index contributed by atoms with van der Waals surface area (Å²) in [4.78, 5) is 23.6. The summed E-state index contributed by atoms with van der Waals surface area (Å²) in [6.07, 6.45) is 0.390. The number of carbonyl (C=O) groups is 2. The molecule has 0 radical (unpaired) electrons. The number of halogens is 2. The molecule has 23 heavy (non-hydrogen) atoms. The van der Waals surface area contributed by atoms with Gasteiger partial charge in [-0.25, -0.2) is 0 Å². The minimum absolute atomic E-state index is 0. The smallest absolute Gasteiger partial charge is 0.251 e. The number of ether oxygens (including phenoxy) is 1. The van der Waals surface area contributed by atoms with Gasteiger partial charge >= 0.3 is 0 Å². The number of carbonyl (C=O) groups excluding carboxylic acids is 2. The summed E-state index contributed by atoms with van der Waals surface area (Å²) in [5.41, 5.74) is 0.595. The van der Waals surface area contributed by atoms with Gasteiger partial charge in [0.05, 0.1) is 13.2 Å². The molecule has 0 aliphatic carbocycles. The molecule has 0 bridgehead atoms. The molecule has 1 unspecified atom stereocenters. The Morgan fingerprint density at radius 3 is 2.57 bits per heavy atom. The molecule has 2 amide bonds. The van der Waals surface area contributed by atoms with E-state index in [1.54, 1.807) is 12.1 Å². The van der Waals surface area contributed by atoms with Crippen LogP contribution in [0.4, 0.5) is 0 Å². The van der Waals surface area contributed by atoms with Crippen LogP contribution in [0.15, 0.2) is 28.7 Å². The lowest BCUT2D eigenvalue weighted by Gasteiger charge is -2.23. The fourth-order valence-corrected chi connectivity index (χ4v) is 2.39. The molecule has 1 fully saturated rings. The summed E-state index contributed by atoms with van der Waals surface area (Å²) < 4.78 is 6.22. The van der Waals surface area contributed by atoms with Gasteiger partial charge in [-0.2, -0.15) is 0 Å². The molecule has 0 spiro atoms. The van der Waals surface area contributed by atoms with Crippen molar-refractivity contribution in [2.75, 3.05) is 32.8 Å². The maximum atomic E-state index is 11.9. The summed E-state index contributed by atoms with van der Waals surface area (Å²) >= 11 is 3.32. The summed E-state index contributed by atoms with van der Waals surface area (Å²) in [7, 11) is 0. The van der Waals surface area contributed by atoms with Crippen LogP contribution in [0.1, 0.15) is 16.8 Å². The molecule has 6 nitrogen and oxygen atoms in total. The van der Waals surface area contributed by atoms with Gasteiger partial charge in [0.15, 0.2) is 0 Å². The molecule has 128 valence electrons. The molecular formula is C15H21BrClN3O3. The van der Waals surface area contributed by atoms with E-state index in [-0.39, 0.29) is 30.3 Å². The fourth-order valence-electron chi connectivity index (χ4n) is 2.13. The van der Waals surface area contributed by atoms with Gasteiger partial charge in [0, 0.05) is 42.1 Å². The first-order valence-corrected chi connectivity index (χ1v) is 8.06. The van der Waals surface area contributed by atoms with Gasteiger partial charge in [-0.15, -0.1) is 12.4 Å². The standard InChI is InChI=1S/C15H20BrN3O3.ClH/c16-12-3-1-11(2-4-12)15(21)19-6-5-18-14(20)9-13-10-22-8-7-17-13;/h1-4,13,17H,5-10H2,(H,18,20)(H,19,21);1H. The van der Waals surface area contributed by atoms with Crippen LogP contribution in [0.2, 0.25) is 0 Å². The quantitative estimate of drug-likeness (QED) is 0.618. The highest BCUT2D eigenvalue weighted by molar-refractivity contribution is 9.10. The van der Waals surface area contributed by atoms with E-state index in [1.807, 2.05) is 12.1 Å². The van der Waals surface area contributed by atoms with Crippen molar-refractivity contribution in [3.8, 4) is 0 Å². The maximum Gasteiger partial charge on any atom is 0.251 e. The van der Waals surface area contributed by atoms with E-state index in [1.165, 1.54) is 0 Å². The number of amides is 2. The predicted molar refractivity (Wildman–Crippen MR) is 94.0 cm³/mol. The van der Waals surface area contributed by atoms with Crippen LogP contribution in [0.3, 0.4) is 0 Å². The number of hydrogen-bond acceptors (Lipinski definition) is 4. The Bertz CT molecular complexity index is 507. The first-order chi connectivity index (χ1) is 10.6. The minimum atomic E-state index is -0.149. The average Bonchev–Trinajstić information content (AvgIpc) is 2.53. The van der Waals surface area contributed by atoms with Gasteiger partial charge in [0.1, 0.15) is 0 Å². The third-order valence-corrected chi connectivity index (χ3v) is 3.80.